The van der Waals surface area contributed by atoms with Crippen LogP contribution in [0.25, 0.3) is 61.3 Å². The zero-order chi connectivity index (χ0) is 26.8. The number of hydrogen-bond acceptors (Lipinski definition) is 2. The first-order valence-corrected chi connectivity index (χ1v) is 16.8. The topological polar surface area (TPSA) is 30.7 Å². The molecule has 7 aromatic rings. The lowest BCUT2D eigenvalue weighted by Crippen LogP contribution is -2.50. The molecular weight excluding hydrogens is 503 g/mol. The Bertz CT molecular complexity index is 2040. The highest BCUT2D eigenvalue weighted by molar-refractivity contribution is 7.03. The fraction of sp³-hybridized carbons (Fsp3) is 0.0556. The maximum Gasteiger partial charge on any atom is 0.159 e. The van der Waals surface area contributed by atoms with Crippen molar-refractivity contribution < 1.29 is 0 Å². The van der Waals surface area contributed by atoms with Crippen molar-refractivity contribution in [3.8, 4) is 39.5 Å². The van der Waals surface area contributed by atoms with E-state index in [0.29, 0.717) is 0 Å². The van der Waals surface area contributed by atoms with E-state index < -0.39 is 8.07 Å². The highest BCUT2D eigenvalue weighted by atomic mass is 28.3. The molecule has 3 heterocycles. The average molecular weight is 530 g/mol. The lowest BCUT2D eigenvalue weighted by atomic mass is 10.0. The van der Waals surface area contributed by atoms with Gasteiger partial charge in [-0.1, -0.05) is 116 Å². The fourth-order valence-corrected chi connectivity index (χ4v) is 9.37. The molecule has 0 saturated heterocycles. The van der Waals surface area contributed by atoms with Crippen molar-refractivity contribution in [2.75, 3.05) is 0 Å². The molecule has 2 aromatic heterocycles. The summed E-state index contributed by atoms with van der Waals surface area (Å²) < 4.78 is 2.36. The van der Waals surface area contributed by atoms with Crippen molar-refractivity contribution in [2.45, 2.75) is 13.1 Å². The third-order valence-electron chi connectivity index (χ3n) is 8.36. The Balaban J connectivity index is 1.38. The van der Waals surface area contributed by atoms with Gasteiger partial charge in [0.05, 0.1) is 16.7 Å². The molecule has 0 atom stereocenters. The number of hydrogen-bond donors (Lipinski definition) is 0. The molecule has 0 radical (unpaired) electrons. The highest BCUT2D eigenvalue weighted by Crippen LogP contribution is 2.37. The maximum atomic E-state index is 5.37. The molecule has 0 fully saturated rings. The third-order valence-corrected chi connectivity index (χ3v) is 11.7. The maximum absolute atomic E-state index is 5.37. The van der Waals surface area contributed by atoms with E-state index in [9.17, 15) is 0 Å². The Morgan fingerprint density at radius 3 is 1.95 bits per heavy atom. The number of rotatable bonds is 3. The zero-order valence-electron chi connectivity index (χ0n) is 22.5. The van der Waals surface area contributed by atoms with Crippen molar-refractivity contribution >= 4 is 40.4 Å². The molecule has 0 unspecified atom stereocenters. The smallest absolute Gasteiger partial charge is 0.159 e. The van der Waals surface area contributed by atoms with Gasteiger partial charge in [-0.15, -0.1) is 0 Å². The van der Waals surface area contributed by atoms with Crippen LogP contribution in [0.5, 0.6) is 0 Å². The summed E-state index contributed by atoms with van der Waals surface area (Å²) in [4.78, 5) is 10.7. The molecule has 0 N–H and O–H groups in total. The monoisotopic (exact) mass is 529 g/mol. The van der Waals surface area contributed by atoms with E-state index in [1.165, 1.54) is 43.4 Å². The number of aromatic nitrogens is 3. The largest absolute Gasteiger partial charge is 0.309 e. The van der Waals surface area contributed by atoms with Gasteiger partial charge in [0.15, 0.2) is 5.82 Å². The second-order valence-electron chi connectivity index (χ2n) is 11.1. The quantitative estimate of drug-likeness (QED) is 0.220. The average Bonchev–Trinajstić information content (AvgIpc) is 3.47. The van der Waals surface area contributed by atoms with E-state index >= 15 is 0 Å². The number of nitrogens with zero attached hydrogens (tertiary/aromatic N) is 3. The molecule has 190 valence electrons. The Labute approximate surface area is 234 Å². The van der Waals surface area contributed by atoms with Crippen LogP contribution < -0.4 is 10.5 Å². The highest BCUT2D eigenvalue weighted by Gasteiger charge is 2.41. The second kappa shape index (κ2) is 8.60. The number of fused-ring (bicyclic) bond motifs is 6. The summed E-state index contributed by atoms with van der Waals surface area (Å²) in [5.74, 6) is 0.786. The van der Waals surface area contributed by atoms with Gasteiger partial charge < -0.3 is 4.57 Å². The van der Waals surface area contributed by atoms with Crippen LogP contribution in [0.3, 0.4) is 0 Å². The molecule has 0 saturated carbocycles. The van der Waals surface area contributed by atoms with E-state index in [0.717, 1.165) is 28.3 Å². The van der Waals surface area contributed by atoms with E-state index in [-0.39, 0.29) is 0 Å². The molecule has 4 heteroatoms. The minimum Gasteiger partial charge on any atom is -0.309 e. The van der Waals surface area contributed by atoms with E-state index in [2.05, 4.69) is 145 Å². The van der Waals surface area contributed by atoms with Crippen LogP contribution in [0, 0.1) is 0 Å². The van der Waals surface area contributed by atoms with Crippen LogP contribution in [0.4, 0.5) is 0 Å². The van der Waals surface area contributed by atoms with Gasteiger partial charge >= 0.3 is 0 Å². The molecule has 0 amide bonds. The predicted octanol–water partition coefficient (Wildman–Crippen LogP) is 7.71. The van der Waals surface area contributed by atoms with Gasteiger partial charge in [0, 0.05) is 38.5 Å². The summed E-state index contributed by atoms with van der Waals surface area (Å²) in [5, 5.41) is 5.18. The predicted molar refractivity (Wildman–Crippen MR) is 169 cm³/mol. The minimum absolute atomic E-state index is 0.786. The van der Waals surface area contributed by atoms with Crippen molar-refractivity contribution in [2.24, 2.45) is 0 Å². The van der Waals surface area contributed by atoms with Gasteiger partial charge in [-0.2, -0.15) is 0 Å². The minimum atomic E-state index is -2.01. The summed E-state index contributed by atoms with van der Waals surface area (Å²) in [6.07, 6.45) is 0. The molecule has 40 heavy (non-hydrogen) atoms. The second-order valence-corrected chi connectivity index (χ2v) is 15.3. The van der Waals surface area contributed by atoms with Gasteiger partial charge in [-0.05, 0) is 35.0 Å². The lowest BCUT2D eigenvalue weighted by Gasteiger charge is -2.19. The molecule has 0 aliphatic carbocycles. The summed E-state index contributed by atoms with van der Waals surface area (Å²) >= 11 is 0. The Morgan fingerprint density at radius 2 is 1.20 bits per heavy atom. The van der Waals surface area contributed by atoms with Crippen LogP contribution in [0.15, 0.2) is 127 Å². The van der Waals surface area contributed by atoms with Crippen molar-refractivity contribution in [3.63, 3.8) is 0 Å². The van der Waals surface area contributed by atoms with Gasteiger partial charge in [-0.3, -0.25) is 0 Å². The fourth-order valence-electron chi connectivity index (χ4n) is 6.46. The molecular formula is C36H27N3Si. The van der Waals surface area contributed by atoms with Crippen LogP contribution in [0.1, 0.15) is 0 Å². The van der Waals surface area contributed by atoms with Crippen LogP contribution in [-0.2, 0) is 0 Å². The molecule has 0 bridgehead atoms. The first-order chi connectivity index (χ1) is 19.6. The van der Waals surface area contributed by atoms with Gasteiger partial charge in [0.25, 0.3) is 0 Å². The van der Waals surface area contributed by atoms with Crippen molar-refractivity contribution in [1.29, 1.82) is 0 Å². The SMILES string of the molecule is C[Si]1(C)c2ccccc2-c2c(-c3ccccc3)nc(-c3cccc(-n4c5ccccc5c5ccccc54)c3)nc21. The van der Waals surface area contributed by atoms with Crippen LogP contribution in [-0.4, -0.2) is 22.6 Å². The normalized spacial score (nSPS) is 13.4. The Hall–Kier alpha value is -4.80. The molecule has 5 aromatic carbocycles. The summed E-state index contributed by atoms with van der Waals surface area (Å²) in [7, 11) is -2.01. The van der Waals surface area contributed by atoms with Crippen molar-refractivity contribution in [1.82, 2.24) is 14.5 Å². The van der Waals surface area contributed by atoms with E-state index in [1.807, 2.05) is 0 Å². The molecule has 0 spiro atoms. The molecule has 8 rings (SSSR count). The van der Waals surface area contributed by atoms with Gasteiger partial charge in [-0.25, -0.2) is 9.97 Å². The first-order valence-electron chi connectivity index (χ1n) is 13.8. The van der Waals surface area contributed by atoms with Crippen LogP contribution >= 0.6 is 0 Å². The lowest BCUT2D eigenvalue weighted by molar-refractivity contribution is 1.17. The number of para-hydroxylation sites is 2. The van der Waals surface area contributed by atoms with E-state index in [4.69, 9.17) is 9.97 Å². The van der Waals surface area contributed by atoms with Gasteiger partial charge in [0.2, 0.25) is 0 Å². The van der Waals surface area contributed by atoms with Crippen molar-refractivity contribution in [3.05, 3.63) is 127 Å². The molecule has 1 aliphatic rings. The first kappa shape index (κ1) is 23.1. The Morgan fingerprint density at radius 1 is 0.575 bits per heavy atom. The van der Waals surface area contributed by atoms with Gasteiger partial charge in [0.1, 0.15) is 8.07 Å². The summed E-state index contributed by atoms with van der Waals surface area (Å²) in [6.45, 7) is 4.83. The Kier molecular flexibility index (Phi) is 4.97. The zero-order valence-corrected chi connectivity index (χ0v) is 23.5. The molecule has 3 nitrogen and oxygen atoms in total. The number of benzene rings is 5. The molecule has 1 aliphatic heterocycles. The van der Waals surface area contributed by atoms with E-state index in [1.54, 1.807) is 0 Å². The summed E-state index contributed by atoms with van der Waals surface area (Å²) in [5.41, 5.74) is 9.18. The van der Waals surface area contributed by atoms with Crippen LogP contribution in [0.2, 0.25) is 13.1 Å². The summed E-state index contributed by atoms with van der Waals surface area (Å²) in [6, 6.07) is 45.4. The third kappa shape index (κ3) is 3.29. The standard InChI is InChI=1S/C36H27N3Si/c1-40(2)32-22-11-8-19-29(32)33-34(24-13-4-3-5-14-24)37-35(38-36(33)40)25-15-12-16-26(23-25)39-30-20-9-6-17-27(30)28-18-7-10-21-31(28)39/h3-23H,1-2H3.